The van der Waals surface area contributed by atoms with E-state index < -0.39 is 16.4 Å². The van der Waals surface area contributed by atoms with Gasteiger partial charge in [0.15, 0.2) is 0 Å². The Bertz CT molecular complexity index is 210. The van der Waals surface area contributed by atoms with Crippen molar-refractivity contribution in [3.8, 4) is 0 Å². The van der Waals surface area contributed by atoms with Gasteiger partial charge in [0.25, 0.3) is 10.2 Å². The number of rotatable bonds is 4. The van der Waals surface area contributed by atoms with Crippen molar-refractivity contribution >= 4 is 10.2 Å². The van der Waals surface area contributed by atoms with Gasteiger partial charge >= 0.3 is 0 Å². The molecule has 1 aliphatic rings. The quantitative estimate of drug-likeness (QED) is 0.481. The molecule has 0 radical (unpaired) electrons. The van der Waals surface area contributed by atoms with E-state index in [1.165, 1.54) is 6.92 Å². The van der Waals surface area contributed by atoms with Gasteiger partial charge in [-0.3, -0.25) is 0 Å². The highest BCUT2D eigenvalue weighted by Crippen LogP contribution is 2.19. The molecule has 3 N–H and O–H groups in total. The van der Waals surface area contributed by atoms with Crippen molar-refractivity contribution in [1.82, 2.24) is 9.44 Å². The second-order valence-corrected chi connectivity index (χ2v) is 4.17. The lowest BCUT2D eigenvalue weighted by Crippen LogP contribution is -2.42. The van der Waals surface area contributed by atoms with Crippen molar-refractivity contribution in [2.24, 2.45) is 0 Å². The summed E-state index contributed by atoms with van der Waals surface area (Å²) in [6.07, 6.45) is 0.743. The average molecular weight is 180 g/mol. The molecule has 0 amide bonds. The fourth-order valence-corrected chi connectivity index (χ4v) is 1.87. The molecule has 0 aromatic rings. The molecule has 0 aliphatic heterocycles. The van der Waals surface area contributed by atoms with Crippen molar-refractivity contribution in [2.75, 3.05) is 0 Å². The van der Waals surface area contributed by atoms with Crippen molar-refractivity contribution in [1.29, 1.82) is 0 Å². The largest absolute Gasteiger partial charge is 0.378 e. The lowest BCUT2D eigenvalue weighted by molar-refractivity contribution is 0.183. The summed E-state index contributed by atoms with van der Waals surface area (Å²) in [5.41, 5.74) is 0. The standard InChI is InChI=1S/C5H12N2O3S/c1-4(8)6-11(9,10)7-5-2-3-5/h4-8H,2-3H2,1H3. The topological polar surface area (TPSA) is 78.4 Å². The van der Waals surface area contributed by atoms with Crippen LogP contribution in [0.3, 0.4) is 0 Å². The number of hydrogen-bond acceptors (Lipinski definition) is 3. The Kier molecular flexibility index (Phi) is 2.48. The molecule has 1 atom stereocenters. The van der Waals surface area contributed by atoms with Gasteiger partial charge in [-0.15, -0.1) is 0 Å². The van der Waals surface area contributed by atoms with E-state index in [1.54, 1.807) is 0 Å². The molecule has 0 aromatic heterocycles. The SMILES string of the molecule is CC(O)NS(=O)(=O)NC1CC1. The summed E-state index contributed by atoms with van der Waals surface area (Å²) in [7, 11) is -3.47. The van der Waals surface area contributed by atoms with Gasteiger partial charge in [0.05, 0.1) is 0 Å². The molecule has 1 unspecified atom stereocenters. The minimum absolute atomic E-state index is 0.0752. The summed E-state index contributed by atoms with van der Waals surface area (Å²) in [4.78, 5) is 0. The Morgan fingerprint density at radius 1 is 1.55 bits per heavy atom. The Balaban J connectivity index is 2.38. The highest BCUT2D eigenvalue weighted by atomic mass is 32.2. The zero-order valence-corrected chi connectivity index (χ0v) is 7.06. The van der Waals surface area contributed by atoms with Gasteiger partial charge in [-0.05, 0) is 19.8 Å². The smallest absolute Gasteiger partial charge is 0.279 e. The first-order valence-electron chi connectivity index (χ1n) is 3.47. The second kappa shape index (κ2) is 3.06. The van der Waals surface area contributed by atoms with Crippen LogP contribution in [0.15, 0.2) is 0 Å². The van der Waals surface area contributed by atoms with Crippen LogP contribution in [0.2, 0.25) is 0 Å². The van der Waals surface area contributed by atoms with E-state index >= 15 is 0 Å². The van der Waals surface area contributed by atoms with Gasteiger partial charge in [-0.2, -0.15) is 17.9 Å². The van der Waals surface area contributed by atoms with Crippen LogP contribution in [0.4, 0.5) is 0 Å². The third-order valence-electron chi connectivity index (χ3n) is 1.22. The van der Waals surface area contributed by atoms with Crippen molar-refractivity contribution in [3.05, 3.63) is 0 Å². The molecule has 1 rings (SSSR count). The minimum Gasteiger partial charge on any atom is -0.378 e. The summed E-state index contributed by atoms with van der Waals surface area (Å²) < 4.78 is 26.2. The first-order chi connectivity index (χ1) is 4.99. The molecule has 5 nitrogen and oxygen atoms in total. The maximum atomic E-state index is 10.9. The number of aliphatic hydroxyl groups excluding tert-OH is 1. The predicted octanol–water partition coefficient (Wildman–Crippen LogP) is -1.09. The van der Waals surface area contributed by atoms with Crippen molar-refractivity contribution < 1.29 is 13.5 Å². The summed E-state index contributed by atoms with van der Waals surface area (Å²) >= 11 is 0. The lowest BCUT2D eigenvalue weighted by Gasteiger charge is -2.08. The molecule has 0 bridgehead atoms. The molecule has 11 heavy (non-hydrogen) atoms. The van der Waals surface area contributed by atoms with Gasteiger partial charge in [0, 0.05) is 6.04 Å². The van der Waals surface area contributed by atoms with Crippen LogP contribution >= 0.6 is 0 Å². The van der Waals surface area contributed by atoms with E-state index in [0.29, 0.717) is 0 Å². The summed E-state index contributed by atoms with van der Waals surface area (Å²) in [6.45, 7) is 1.35. The van der Waals surface area contributed by atoms with Gasteiger partial charge in [0.2, 0.25) is 0 Å². The lowest BCUT2D eigenvalue weighted by atomic mass is 10.7. The van der Waals surface area contributed by atoms with Crippen molar-refractivity contribution in [2.45, 2.75) is 32.0 Å². The van der Waals surface area contributed by atoms with Gasteiger partial charge in [0.1, 0.15) is 6.23 Å². The van der Waals surface area contributed by atoms with E-state index in [0.717, 1.165) is 12.8 Å². The van der Waals surface area contributed by atoms with Crippen LogP contribution in [-0.4, -0.2) is 25.8 Å². The summed E-state index contributed by atoms with van der Waals surface area (Å²) in [5, 5.41) is 8.69. The average Bonchev–Trinajstić information content (AvgIpc) is 2.43. The number of nitrogens with one attached hydrogen (secondary N) is 2. The van der Waals surface area contributed by atoms with Crippen molar-refractivity contribution in [3.63, 3.8) is 0 Å². The molecule has 0 aromatic carbocycles. The van der Waals surface area contributed by atoms with Gasteiger partial charge in [-0.1, -0.05) is 0 Å². The highest BCUT2D eigenvalue weighted by Gasteiger charge is 2.27. The first kappa shape index (κ1) is 8.92. The molecule has 1 saturated carbocycles. The molecule has 0 spiro atoms. The van der Waals surface area contributed by atoms with Crippen LogP contribution in [0, 0.1) is 0 Å². The zero-order valence-electron chi connectivity index (χ0n) is 6.24. The van der Waals surface area contributed by atoms with Crippen LogP contribution in [0.5, 0.6) is 0 Å². The molecule has 0 heterocycles. The Hall–Kier alpha value is -0.170. The van der Waals surface area contributed by atoms with Crippen LogP contribution in [0.1, 0.15) is 19.8 Å². The van der Waals surface area contributed by atoms with Crippen LogP contribution < -0.4 is 9.44 Å². The maximum Gasteiger partial charge on any atom is 0.279 e. The van der Waals surface area contributed by atoms with Crippen LogP contribution in [-0.2, 0) is 10.2 Å². The highest BCUT2D eigenvalue weighted by molar-refractivity contribution is 7.87. The minimum atomic E-state index is -3.47. The van der Waals surface area contributed by atoms with Gasteiger partial charge < -0.3 is 5.11 Å². The molecule has 0 saturated heterocycles. The van der Waals surface area contributed by atoms with E-state index in [1.807, 2.05) is 4.72 Å². The first-order valence-corrected chi connectivity index (χ1v) is 4.95. The third kappa shape index (κ3) is 3.66. The fourth-order valence-electron chi connectivity index (χ4n) is 0.679. The summed E-state index contributed by atoms with van der Waals surface area (Å²) in [6, 6.07) is 0.0752. The fraction of sp³-hybridized carbons (Fsp3) is 1.00. The molecule has 1 fully saturated rings. The van der Waals surface area contributed by atoms with E-state index in [-0.39, 0.29) is 6.04 Å². The number of aliphatic hydroxyl groups is 1. The maximum absolute atomic E-state index is 10.9. The molecule has 6 heteroatoms. The molecule has 66 valence electrons. The molecule has 1 aliphatic carbocycles. The van der Waals surface area contributed by atoms with E-state index in [4.69, 9.17) is 5.11 Å². The third-order valence-corrected chi connectivity index (χ3v) is 2.52. The van der Waals surface area contributed by atoms with E-state index in [9.17, 15) is 8.42 Å². The van der Waals surface area contributed by atoms with Crippen LogP contribution in [0.25, 0.3) is 0 Å². The number of hydrogen-bond donors (Lipinski definition) is 3. The molecular formula is C5H12N2O3S. The Morgan fingerprint density at radius 3 is 2.45 bits per heavy atom. The second-order valence-electron chi connectivity index (χ2n) is 2.69. The predicted molar refractivity (Wildman–Crippen MR) is 39.9 cm³/mol. The zero-order chi connectivity index (χ0) is 8.48. The molecular weight excluding hydrogens is 168 g/mol. The monoisotopic (exact) mass is 180 g/mol. The Labute approximate surface area is 66.0 Å². The van der Waals surface area contributed by atoms with E-state index in [2.05, 4.69) is 4.72 Å². The van der Waals surface area contributed by atoms with Gasteiger partial charge in [-0.25, -0.2) is 0 Å². The summed E-state index contributed by atoms with van der Waals surface area (Å²) in [5.74, 6) is 0. The normalized spacial score (nSPS) is 21.6. The Morgan fingerprint density at radius 2 is 2.09 bits per heavy atom.